The van der Waals surface area contributed by atoms with Crippen LogP contribution >= 0.6 is 11.6 Å². The zero-order valence-corrected chi connectivity index (χ0v) is 8.32. The van der Waals surface area contributed by atoms with Crippen LogP contribution in [0.15, 0.2) is 17.3 Å². The Morgan fingerprint density at radius 2 is 2.29 bits per heavy atom. The number of phenols is 1. The van der Waals surface area contributed by atoms with Crippen molar-refractivity contribution in [1.29, 1.82) is 0 Å². The molecule has 0 spiro atoms. The molecule has 4 nitrogen and oxygen atoms in total. The Hall–Kier alpha value is -1.42. The first-order chi connectivity index (χ1) is 6.69. The fourth-order valence-electron chi connectivity index (χ4n) is 1.00. The number of nitrogens with zero attached hydrogens (tertiary/aromatic N) is 1. The van der Waals surface area contributed by atoms with Crippen LogP contribution in [-0.2, 0) is 0 Å². The van der Waals surface area contributed by atoms with Gasteiger partial charge in [-0.3, -0.25) is 0 Å². The van der Waals surface area contributed by atoms with Gasteiger partial charge >= 0.3 is 0 Å². The molecular formula is C9H10ClNO3. The molecule has 2 N–H and O–H groups in total. The van der Waals surface area contributed by atoms with Crippen molar-refractivity contribution in [3.05, 3.63) is 22.7 Å². The molecule has 76 valence electrons. The molecule has 0 fully saturated rings. The fourth-order valence-corrected chi connectivity index (χ4v) is 1.22. The Bertz CT molecular complexity index is 352. The van der Waals surface area contributed by atoms with Crippen LogP contribution < -0.4 is 4.74 Å². The SMILES string of the molecule is CCOc1cc(/C=N\O)cc(Cl)c1O. The maximum absolute atomic E-state index is 9.46. The van der Waals surface area contributed by atoms with Gasteiger partial charge in [0.05, 0.1) is 17.8 Å². The highest BCUT2D eigenvalue weighted by Crippen LogP contribution is 2.34. The molecule has 0 unspecified atom stereocenters. The quantitative estimate of drug-likeness (QED) is 0.462. The van der Waals surface area contributed by atoms with Crippen LogP contribution in [0.25, 0.3) is 0 Å². The third-order valence-corrected chi connectivity index (χ3v) is 1.85. The van der Waals surface area contributed by atoms with E-state index >= 15 is 0 Å². The van der Waals surface area contributed by atoms with Gasteiger partial charge < -0.3 is 15.1 Å². The van der Waals surface area contributed by atoms with Crippen molar-refractivity contribution < 1.29 is 15.1 Å². The van der Waals surface area contributed by atoms with Crippen LogP contribution in [0.1, 0.15) is 12.5 Å². The lowest BCUT2D eigenvalue weighted by atomic mass is 10.2. The summed E-state index contributed by atoms with van der Waals surface area (Å²) in [6.07, 6.45) is 1.20. The Morgan fingerprint density at radius 3 is 2.86 bits per heavy atom. The molecule has 5 heteroatoms. The van der Waals surface area contributed by atoms with Crippen LogP contribution in [0.2, 0.25) is 5.02 Å². The number of hydrogen-bond acceptors (Lipinski definition) is 4. The molecule has 0 aliphatic heterocycles. The number of hydrogen-bond donors (Lipinski definition) is 2. The first-order valence-corrected chi connectivity index (χ1v) is 4.39. The van der Waals surface area contributed by atoms with Gasteiger partial charge in [0.15, 0.2) is 11.5 Å². The molecule has 1 aromatic rings. The maximum Gasteiger partial charge on any atom is 0.176 e. The average Bonchev–Trinajstić information content (AvgIpc) is 2.14. The highest BCUT2D eigenvalue weighted by Gasteiger charge is 2.08. The summed E-state index contributed by atoms with van der Waals surface area (Å²) in [6, 6.07) is 3.00. The zero-order valence-electron chi connectivity index (χ0n) is 7.57. The van der Waals surface area contributed by atoms with E-state index in [0.717, 1.165) is 0 Å². The van der Waals surface area contributed by atoms with E-state index in [-0.39, 0.29) is 16.5 Å². The van der Waals surface area contributed by atoms with Crippen LogP contribution in [-0.4, -0.2) is 23.1 Å². The van der Waals surface area contributed by atoms with E-state index in [1.807, 2.05) is 0 Å². The minimum atomic E-state index is -0.108. The smallest absolute Gasteiger partial charge is 0.176 e. The normalized spacial score (nSPS) is 10.7. The lowest BCUT2D eigenvalue weighted by Crippen LogP contribution is -1.93. The van der Waals surface area contributed by atoms with Crippen LogP contribution in [0, 0.1) is 0 Å². The minimum absolute atomic E-state index is 0.108. The van der Waals surface area contributed by atoms with Gasteiger partial charge in [-0.2, -0.15) is 0 Å². The second-order valence-corrected chi connectivity index (χ2v) is 2.93. The second-order valence-electron chi connectivity index (χ2n) is 2.53. The van der Waals surface area contributed by atoms with Crippen molar-refractivity contribution in [2.75, 3.05) is 6.61 Å². The van der Waals surface area contributed by atoms with E-state index in [1.165, 1.54) is 18.3 Å². The highest BCUT2D eigenvalue weighted by molar-refractivity contribution is 6.32. The van der Waals surface area contributed by atoms with Crippen LogP contribution in [0.4, 0.5) is 0 Å². The first-order valence-electron chi connectivity index (χ1n) is 4.01. The number of oxime groups is 1. The van der Waals surface area contributed by atoms with Gasteiger partial charge in [0.25, 0.3) is 0 Å². The Kier molecular flexibility index (Phi) is 3.59. The molecule has 0 bridgehead atoms. The Morgan fingerprint density at radius 1 is 1.57 bits per heavy atom. The number of aromatic hydroxyl groups is 1. The summed E-state index contributed by atoms with van der Waals surface area (Å²) in [5, 5.41) is 20.8. The van der Waals surface area contributed by atoms with Gasteiger partial charge in [-0.05, 0) is 19.1 Å². The number of phenolic OH excluding ortho intramolecular Hbond substituents is 1. The largest absolute Gasteiger partial charge is 0.503 e. The van der Waals surface area contributed by atoms with Gasteiger partial charge in [0.2, 0.25) is 0 Å². The van der Waals surface area contributed by atoms with E-state index in [1.54, 1.807) is 6.92 Å². The maximum atomic E-state index is 9.46. The third-order valence-electron chi connectivity index (χ3n) is 1.56. The van der Waals surface area contributed by atoms with Gasteiger partial charge in [-0.15, -0.1) is 0 Å². The fraction of sp³-hybridized carbons (Fsp3) is 0.222. The Labute approximate surface area is 86.4 Å². The minimum Gasteiger partial charge on any atom is -0.503 e. The van der Waals surface area contributed by atoms with Crippen LogP contribution in [0.5, 0.6) is 11.5 Å². The molecule has 0 aliphatic carbocycles. The standard InChI is InChI=1S/C9H10ClNO3/c1-2-14-8-4-6(5-11-13)3-7(10)9(8)12/h3-5,12-13H,2H2,1H3/b11-5-. The van der Waals surface area contributed by atoms with Crippen LogP contribution in [0.3, 0.4) is 0 Å². The molecule has 0 heterocycles. The summed E-state index contributed by atoms with van der Waals surface area (Å²) in [6.45, 7) is 2.21. The van der Waals surface area contributed by atoms with E-state index < -0.39 is 0 Å². The molecule has 1 rings (SSSR count). The monoisotopic (exact) mass is 215 g/mol. The number of halogens is 1. The topological polar surface area (TPSA) is 62.0 Å². The van der Waals surface area contributed by atoms with E-state index in [9.17, 15) is 5.11 Å². The molecule has 0 radical (unpaired) electrons. The van der Waals surface area contributed by atoms with E-state index in [0.29, 0.717) is 12.2 Å². The lowest BCUT2D eigenvalue weighted by molar-refractivity contribution is 0.317. The first kappa shape index (κ1) is 10.7. The molecule has 0 aliphatic rings. The zero-order chi connectivity index (χ0) is 10.6. The molecule has 1 aromatic carbocycles. The third kappa shape index (κ3) is 2.29. The predicted molar refractivity (Wildman–Crippen MR) is 53.7 cm³/mol. The van der Waals surface area contributed by atoms with Crippen molar-refractivity contribution in [3.8, 4) is 11.5 Å². The molecule has 0 saturated carbocycles. The second kappa shape index (κ2) is 4.72. The molecule has 0 aromatic heterocycles. The molecule has 0 amide bonds. The van der Waals surface area contributed by atoms with Crippen molar-refractivity contribution in [1.82, 2.24) is 0 Å². The molecule has 14 heavy (non-hydrogen) atoms. The summed E-state index contributed by atoms with van der Waals surface area (Å²) in [7, 11) is 0. The van der Waals surface area contributed by atoms with Crippen molar-refractivity contribution in [2.45, 2.75) is 6.92 Å². The van der Waals surface area contributed by atoms with Gasteiger partial charge in [-0.25, -0.2) is 0 Å². The lowest BCUT2D eigenvalue weighted by Gasteiger charge is -2.07. The van der Waals surface area contributed by atoms with E-state index in [2.05, 4.69) is 5.16 Å². The average molecular weight is 216 g/mol. The van der Waals surface area contributed by atoms with E-state index in [4.69, 9.17) is 21.5 Å². The summed E-state index contributed by atoms with van der Waals surface area (Å²) >= 11 is 5.72. The predicted octanol–water partition coefficient (Wildman–Crippen LogP) is 2.25. The number of benzene rings is 1. The highest BCUT2D eigenvalue weighted by atomic mass is 35.5. The molecular weight excluding hydrogens is 206 g/mol. The molecule has 0 atom stereocenters. The summed E-state index contributed by atoms with van der Waals surface area (Å²) in [5.74, 6) is 0.165. The van der Waals surface area contributed by atoms with Crippen molar-refractivity contribution >= 4 is 17.8 Å². The summed E-state index contributed by atoms with van der Waals surface area (Å²) in [5.41, 5.74) is 0.554. The summed E-state index contributed by atoms with van der Waals surface area (Å²) < 4.78 is 5.13. The molecule has 0 saturated heterocycles. The van der Waals surface area contributed by atoms with Crippen molar-refractivity contribution in [3.63, 3.8) is 0 Å². The van der Waals surface area contributed by atoms with Gasteiger partial charge in [0, 0.05) is 5.56 Å². The van der Waals surface area contributed by atoms with Gasteiger partial charge in [0.1, 0.15) is 0 Å². The number of ether oxygens (including phenoxy) is 1. The van der Waals surface area contributed by atoms with Crippen molar-refractivity contribution in [2.24, 2.45) is 5.16 Å². The van der Waals surface area contributed by atoms with Gasteiger partial charge in [-0.1, -0.05) is 16.8 Å². The summed E-state index contributed by atoms with van der Waals surface area (Å²) in [4.78, 5) is 0. The number of rotatable bonds is 3. The Balaban J connectivity index is 3.13.